The van der Waals surface area contributed by atoms with Gasteiger partial charge in [0.05, 0.1) is 17.6 Å². The van der Waals surface area contributed by atoms with Gasteiger partial charge in [-0.05, 0) is 54.6 Å². The van der Waals surface area contributed by atoms with Gasteiger partial charge in [0.2, 0.25) is 11.8 Å². The standard InChI is InChI=1S/C24H19N3O3/c25-15-17-5-4-6-20(13-17)27-16-18(14-23(27)28)24(29)26-19-9-11-22(12-10-19)30-21-7-2-1-3-8-21/h1-13,18H,14,16H2,(H,26,29). The molecule has 4 rings (SSSR count). The first-order valence-electron chi connectivity index (χ1n) is 9.57. The molecule has 3 aromatic carbocycles. The Hall–Kier alpha value is -4.11. The van der Waals surface area contributed by atoms with Gasteiger partial charge in [-0.1, -0.05) is 24.3 Å². The molecule has 0 aromatic heterocycles. The van der Waals surface area contributed by atoms with Gasteiger partial charge < -0.3 is 15.0 Å². The molecular weight excluding hydrogens is 378 g/mol. The van der Waals surface area contributed by atoms with Crippen LogP contribution in [0, 0.1) is 17.2 Å². The zero-order chi connectivity index (χ0) is 20.9. The third kappa shape index (κ3) is 4.31. The minimum atomic E-state index is -0.455. The number of hydrogen-bond acceptors (Lipinski definition) is 4. The number of benzene rings is 3. The average Bonchev–Trinajstić information content (AvgIpc) is 3.18. The maximum Gasteiger partial charge on any atom is 0.229 e. The molecule has 0 saturated carbocycles. The predicted molar refractivity (Wildman–Crippen MR) is 113 cm³/mol. The molecule has 0 radical (unpaired) electrons. The molecule has 30 heavy (non-hydrogen) atoms. The molecule has 1 N–H and O–H groups in total. The van der Waals surface area contributed by atoms with Crippen LogP contribution in [0.2, 0.25) is 0 Å². The minimum absolute atomic E-state index is 0.128. The number of nitrogens with zero attached hydrogens (tertiary/aromatic N) is 2. The third-order valence-corrected chi connectivity index (χ3v) is 4.88. The van der Waals surface area contributed by atoms with Gasteiger partial charge in [-0.15, -0.1) is 0 Å². The van der Waals surface area contributed by atoms with Gasteiger partial charge in [-0.25, -0.2) is 0 Å². The molecular formula is C24H19N3O3. The van der Waals surface area contributed by atoms with Gasteiger partial charge in [-0.2, -0.15) is 5.26 Å². The van der Waals surface area contributed by atoms with E-state index >= 15 is 0 Å². The second kappa shape index (κ2) is 8.50. The Bertz CT molecular complexity index is 1100. The molecule has 1 atom stereocenters. The highest BCUT2D eigenvalue weighted by Gasteiger charge is 2.35. The van der Waals surface area contributed by atoms with Crippen molar-refractivity contribution in [3.05, 3.63) is 84.4 Å². The van der Waals surface area contributed by atoms with E-state index in [0.29, 0.717) is 22.7 Å². The first kappa shape index (κ1) is 19.2. The van der Waals surface area contributed by atoms with Crippen LogP contribution in [0.25, 0.3) is 0 Å². The van der Waals surface area contributed by atoms with Crippen LogP contribution in [0.3, 0.4) is 0 Å². The summed E-state index contributed by atoms with van der Waals surface area (Å²) in [5, 5.41) is 11.9. The van der Waals surface area contributed by atoms with Crippen LogP contribution in [0.15, 0.2) is 78.9 Å². The van der Waals surface area contributed by atoms with Crippen molar-refractivity contribution in [3.63, 3.8) is 0 Å². The number of carbonyl (C=O) groups is 2. The van der Waals surface area contributed by atoms with E-state index < -0.39 is 5.92 Å². The number of amides is 2. The molecule has 148 valence electrons. The van der Waals surface area contributed by atoms with E-state index in [0.717, 1.165) is 5.75 Å². The lowest BCUT2D eigenvalue weighted by atomic mass is 10.1. The quantitative estimate of drug-likeness (QED) is 0.694. The summed E-state index contributed by atoms with van der Waals surface area (Å²) in [6.45, 7) is 0.286. The molecule has 1 unspecified atom stereocenters. The summed E-state index contributed by atoms with van der Waals surface area (Å²) in [6, 6.07) is 25.4. The summed E-state index contributed by atoms with van der Waals surface area (Å²) in [5.41, 5.74) is 1.75. The van der Waals surface area contributed by atoms with Crippen molar-refractivity contribution in [2.24, 2.45) is 5.92 Å². The number of nitriles is 1. The molecule has 1 aliphatic heterocycles. The Labute approximate surface area is 174 Å². The SMILES string of the molecule is N#Cc1cccc(N2CC(C(=O)Nc3ccc(Oc4ccccc4)cc3)CC2=O)c1. The van der Waals surface area contributed by atoms with Gasteiger partial charge in [0.1, 0.15) is 11.5 Å². The second-order valence-electron chi connectivity index (χ2n) is 7.00. The molecule has 1 saturated heterocycles. The molecule has 1 aliphatic rings. The molecule has 3 aromatic rings. The lowest BCUT2D eigenvalue weighted by Crippen LogP contribution is -2.28. The van der Waals surface area contributed by atoms with Crippen molar-refractivity contribution in [1.29, 1.82) is 5.26 Å². The van der Waals surface area contributed by atoms with Crippen LogP contribution in [-0.2, 0) is 9.59 Å². The lowest BCUT2D eigenvalue weighted by molar-refractivity contribution is -0.122. The molecule has 0 aliphatic carbocycles. The van der Waals surface area contributed by atoms with Crippen molar-refractivity contribution in [2.75, 3.05) is 16.8 Å². The lowest BCUT2D eigenvalue weighted by Gasteiger charge is -2.17. The number of rotatable bonds is 5. The van der Waals surface area contributed by atoms with Crippen LogP contribution >= 0.6 is 0 Å². The van der Waals surface area contributed by atoms with Crippen molar-refractivity contribution in [1.82, 2.24) is 0 Å². The zero-order valence-electron chi connectivity index (χ0n) is 16.1. The second-order valence-corrected chi connectivity index (χ2v) is 7.00. The summed E-state index contributed by atoms with van der Waals surface area (Å²) in [4.78, 5) is 26.6. The van der Waals surface area contributed by atoms with Gasteiger partial charge >= 0.3 is 0 Å². The van der Waals surface area contributed by atoms with E-state index in [1.807, 2.05) is 30.3 Å². The van der Waals surface area contributed by atoms with E-state index in [2.05, 4.69) is 11.4 Å². The molecule has 2 amide bonds. The van der Waals surface area contributed by atoms with Crippen LogP contribution in [-0.4, -0.2) is 18.4 Å². The maximum atomic E-state index is 12.7. The summed E-state index contributed by atoms with van der Waals surface area (Å²) in [5.74, 6) is 0.609. The van der Waals surface area contributed by atoms with E-state index in [4.69, 9.17) is 10.00 Å². The summed E-state index contributed by atoms with van der Waals surface area (Å²) < 4.78 is 5.75. The minimum Gasteiger partial charge on any atom is -0.457 e. The van der Waals surface area contributed by atoms with E-state index in [-0.39, 0.29) is 24.8 Å². The largest absolute Gasteiger partial charge is 0.457 e. The molecule has 0 spiro atoms. The average molecular weight is 397 g/mol. The fraction of sp³-hybridized carbons (Fsp3) is 0.125. The highest BCUT2D eigenvalue weighted by atomic mass is 16.5. The Morgan fingerprint density at radius 1 is 1.00 bits per heavy atom. The third-order valence-electron chi connectivity index (χ3n) is 4.88. The first-order valence-corrected chi connectivity index (χ1v) is 9.57. The van der Waals surface area contributed by atoms with Gasteiger partial charge in [0.15, 0.2) is 0 Å². The monoisotopic (exact) mass is 397 g/mol. The van der Waals surface area contributed by atoms with Crippen molar-refractivity contribution >= 4 is 23.2 Å². The Kier molecular flexibility index (Phi) is 5.44. The highest BCUT2D eigenvalue weighted by molar-refractivity contribution is 6.03. The first-order chi connectivity index (χ1) is 14.6. The Morgan fingerprint density at radius 2 is 1.73 bits per heavy atom. The number of hydrogen-bond donors (Lipinski definition) is 1. The fourth-order valence-electron chi connectivity index (χ4n) is 3.35. The van der Waals surface area contributed by atoms with Gasteiger partial charge in [0.25, 0.3) is 0 Å². The van der Waals surface area contributed by atoms with E-state index in [9.17, 15) is 9.59 Å². The zero-order valence-corrected chi connectivity index (χ0v) is 16.1. The molecule has 6 heteroatoms. The number of ether oxygens (including phenoxy) is 1. The van der Waals surface area contributed by atoms with Crippen molar-refractivity contribution in [2.45, 2.75) is 6.42 Å². The van der Waals surface area contributed by atoms with E-state index in [1.165, 1.54) is 0 Å². The number of para-hydroxylation sites is 1. The maximum absolute atomic E-state index is 12.7. The van der Waals surface area contributed by atoms with E-state index in [1.54, 1.807) is 53.4 Å². The molecule has 0 bridgehead atoms. The van der Waals surface area contributed by atoms with Crippen LogP contribution in [0.4, 0.5) is 11.4 Å². The molecule has 1 fully saturated rings. The summed E-state index contributed by atoms with van der Waals surface area (Å²) >= 11 is 0. The number of nitrogens with one attached hydrogen (secondary N) is 1. The number of carbonyl (C=O) groups excluding carboxylic acids is 2. The van der Waals surface area contributed by atoms with Crippen molar-refractivity contribution in [3.8, 4) is 17.6 Å². The van der Waals surface area contributed by atoms with Crippen LogP contribution in [0.1, 0.15) is 12.0 Å². The Balaban J connectivity index is 1.38. The fourth-order valence-corrected chi connectivity index (χ4v) is 3.35. The van der Waals surface area contributed by atoms with Gasteiger partial charge in [0, 0.05) is 24.3 Å². The molecule has 6 nitrogen and oxygen atoms in total. The topological polar surface area (TPSA) is 82.4 Å². The smallest absolute Gasteiger partial charge is 0.229 e. The predicted octanol–water partition coefficient (Wildman–Crippen LogP) is 4.34. The molecule has 1 heterocycles. The normalized spacial score (nSPS) is 15.5. The van der Waals surface area contributed by atoms with Crippen molar-refractivity contribution < 1.29 is 14.3 Å². The van der Waals surface area contributed by atoms with Crippen LogP contribution in [0.5, 0.6) is 11.5 Å². The van der Waals surface area contributed by atoms with Gasteiger partial charge in [-0.3, -0.25) is 9.59 Å². The highest BCUT2D eigenvalue weighted by Crippen LogP contribution is 2.27. The number of anilines is 2. The summed E-state index contributed by atoms with van der Waals surface area (Å²) in [6.07, 6.45) is 0.137. The van der Waals surface area contributed by atoms with Crippen LogP contribution < -0.4 is 15.0 Å². The Morgan fingerprint density at radius 3 is 2.47 bits per heavy atom. The summed E-state index contributed by atoms with van der Waals surface area (Å²) in [7, 11) is 0.